The van der Waals surface area contributed by atoms with Gasteiger partial charge in [0.05, 0.1) is 30.0 Å². The molecule has 19 heteroatoms. The molecule has 2 saturated carbocycles. The van der Waals surface area contributed by atoms with Crippen molar-refractivity contribution in [1.29, 1.82) is 5.26 Å². The number of piperidine rings is 1. The minimum Gasteiger partial charge on any atom is -0.383 e. The van der Waals surface area contributed by atoms with Crippen molar-refractivity contribution >= 4 is 39.9 Å². The fourth-order valence-electron chi connectivity index (χ4n) is 8.66. The minimum absolute atomic E-state index is 0.157. The predicted molar refractivity (Wildman–Crippen MR) is 207 cm³/mol. The van der Waals surface area contributed by atoms with Gasteiger partial charge in [-0.25, -0.2) is 53.6 Å². The lowest BCUT2D eigenvalue weighted by Gasteiger charge is -2.32. The highest BCUT2D eigenvalue weighted by Crippen LogP contribution is 2.50. The quantitative estimate of drug-likeness (QED) is 0.244. The van der Waals surface area contributed by atoms with E-state index in [1.54, 1.807) is 24.7 Å². The van der Waals surface area contributed by atoms with Gasteiger partial charge in [0.25, 0.3) is 5.92 Å². The Hall–Kier alpha value is -6.00. The van der Waals surface area contributed by atoms with E-state index in [9.17, 15) is 14.0 Å². The van der Waals surface area contributed by atoms with E-state index in [1.165, 1.54) is 0 Å². The van der Waals surface area contributed by atoms with E-state index in [0.29, 0.717) is 84.0 Å². The van der Waals surface area contributed by atoms with Gasteiger partial charge in [-0.2, -0.15) is 5.26 Å². The van der Waals surface area contributed by atoms with Crippen molar-refractivity contribution in [2.75, 3.05) is 36.1 Å². The molecular weight excluding hydrogens is 749 g/mol. The third-order valence-electron chi connectivity index (χ3n) is 11.8. The molecule has 17 nitrogen and oxygen atoms in total. The first kappa shape index (κ1) is 36.3. The predicted octanol–water partition coefficient (Wildman–Crippen LogP) is 4.85. The first-order valence-electron chi connectivity index (χ1n) is 19.4. The Labute approximate surface area is 330 Å². The van der Waals surface area contributed by atoms with E-state index in [-0.39, 0.29) is 30.8 Å². The number of nitrogen functional groups attached to an aromatic ring is 2. The molecule has 0 amide bonds. The molecule has 1 saturated heterocycles. The number of pyridine rings is 1. The summed E-state index contributed by atoms with van der Waals surface area (Å²) in [6.45, 7) is 10.7. The third-order valence-corrected chi connectivity index (χ3v) is 11.8. The van der Waals surface area contributed by atoms with E-state index in [4.69, 9.17) is 50.8 Å². The monoisotopic (exact) mass is 789 g/mol. The van der Waals surface area contributed by atoms with Crippen molar-refractivity contribution in [2.24, 2.45) is 5.92 Å². The second kappa shape index (κ2) is 12.8. The zero-order valence-electron chi connectivity index (χ0n) is 32.4. The number of nitrogens with two attached hydrogens (primary N) is 2. The summed E-state index contributed by atoms with van der Waals surface area (Å²) < 4.78 is 44.4. The van der Waals surface area contributed by atoms with Gasteiger partial charge in [-0.05, 0) is 53.0 Å². The third kappa shape index (κ3) is 5.87. The van der Waals surface area contributed by atoms with Crippen molar-refractivity contribution in [1.82, 2.24) is 54.0 Å². The van der Waals surface area contributed by atoms with Crippen molar-refractivity contribution in [3.05, 3.63) is 47.6 Å². The van der Waals surface area contributed by atoms with E-state index in [1.807, 2.05) is 37.2 Å². The maximum Gasteiger partial charge on any atom is 0.254 e. The molecule has 2 atom stereocenters. The largest absolute Gasteiger partial charge is 0.383 e. The summed E-state index contributed by atoms with van der Waals surface area (Å²) in [5.41, 5.74) is 15.9. The average molecular weight is 790 g/mol. The number of rotatable bonds is 4. The average Bonchev–Trinajstić information content (AvgIpc) is 3.49. The van der Waals surface area contributed by atoms with Crippen LogP contribution in [0.4, 0.5) is 26.4 Å². The number of aromatic nitrogens is 11. The van der Waals surface area contributed by atoms with Crippen LogP contribution in [0.1, 0.15) is 82.2 Å². The lowest BCUT2D eigenvalue weighted by atomic mass is 10.1. The summed E-state index contributed by atoms with van der Waals surface area (Å²) in [5, 5.41) is 9.26. The molecule has 11 rings (SSSR count). The first-order valence-corrected chi connectivity index (χ1v) is 19.4. The van der Waals surface area contributed by atoms with Gasteiger partial charge in [0.2, 0.25) is 5.95 Å². The summed E-state index contributed by atoms with van der Waals surface area (Å²) >= 11 is 0. The summed E-state index contributed by atoms with van der Waals surface area (Å²) in [5.74, 6) is 0.687. The molecule has 6 aromatic rings. The van der Waals surface area contributed by atoms with Gasteiger partial charge in [-0.15, -0.1) is 0 Å². The molecule has 58 heavy (non-hydrogen) atoms. The van der Waals surface area contributed by atoms with Crippen molar-refractivity contribution < 1.29 is 18.3 Å². The molecule has 6 aromatic heterocycles. The summed E-state index contributed by atoms with van der Waals surface area (Å²) in [6.07, 6.45) is 7.27. The SMILES string of the molecule is CC1(C)OCCn2c1nc1c(C3CC3)nc(-c3cnc(N)c(C#N)c3)nc12.CC1(C)OCCn2c1nc1c(N3CC4CC3CC4(F)F)nc(-c3cnc(N)nc3)nc12. The molecule has 5 aliphatic rings. The number of nitrogens with zero attached hydrogens (tertiary/aromatic N) is 13. The van der Waals surface area contributed by atoms with Crippen molar-refractivity contribution in [3.63, 3.8) is 0 Å². The van der Waals surface area contributed by atoms with E-state index >= 15 is 0 Å². The fourth-order valence-corrected chi connectivity index (χ4v) is 8.66. The number of hydrogen-bond acceptors (Lipinski definition) is 15. The molecule has 2 aliphatic carbocycles. The first-order chi connectivity index (χ1) is 27.7. The Kier molecular flexibility index (Phi) is 7.99. The van der Waals surface area contributed by atoms with Gasteiger partial charge >= 0.3 is 0 Å². The number of ether oxygens (including phenoxy) is 2. The van der Waals surface area contributed by atoms with Crippen molar-refractivity contribution in [2.45, 2.75) is 95.6 Å². The van der Waals surface area contributed by atoms with Crippen LogP contribution in [0.3, 0.4) is 0 Å². The number of hydrogen-bond donors (Lipinski definition) is 2. The van der Waals surface area contributed by atoms with Crippen LogP contribution in [0.15, 0.2) is 24.7 Å². The van der Waals surface area contributed by atoms with E-state index < -0.39 is 23.0 Å². The van der Waals surface area contributed by atoms with Crippen LogP contribution < -0.4 is 16.4 Å². The summed E-state index contributed by atoms with van der Waals surface area (Å²) in [6, 6.07) is 3.50. The smallest absolute Gasteiger partial charge is 0.254 e. The van der Waals surface area contributed by atoms with Gasteiger partial charge in [-0.3, -0.25) is 0 Å². The summed E-state index contributed by atoms with van der Waals surface area (Å²) in [4.78, 5) is 43.1. The Balaban J connectivity index is 0.000000142. The zero-order valence-corrected chi connectivity index (χ0v) is 32.4. The van der Waals surface area contributed by atoms with Crippen LogP contribution >= 0.6 is 0 Å². The van der Waals surface area contributed by atoms with Crippen LogP contribution in [0, 0.1) is 17.2 Å². The molecule has 0 spiro atoms. The second-order valence-electron chi connectivity index (χ2n) is 16.6. The lowest BCUT2D eigenvalue weighted by Crippen LogP contribution is -2.41. The molecule has 2 unspecified atom stereocenters. The van der Waals surface area contributed by atoms with Crippen LogP contribution in [0.2, 0.25) is 0 Å². The molecule has 2 bridgehead atoms. The van der Waals surface area contributed by atoms with Crippen LogP contribution in [-0.4, -0.2) is 85.7 Å². The molecule has 298 valence electrons. The van der Waals surface area contributed by atoms with Gasteiger partial charge < -0.3 is 35.0 Å². The maximum absolute atomic E-state index is 14.2. The number of anilines is 3. The van der Waals surface area contributed by atoms with E-state index in [0.717, 1.165) is 41.3 Å². The Morgan fingerprint density at radius 1 is 0.793 bits per heavy atom. The Bertz CT molecular complexity index is 2680. The maximum atomic E-state index is 14.2. The van der Waals surface area contributed by atoms with Gasteiger partial charge in [0.1, 0.15) is 40.3 Å². The number of fused-ring (bicyclic) bond motifs is 8. The fraction of sp³-hybridized carbons (Fsp3) is 0.487. The van der Waals surface area contributed by atoms with Gasteiger partial charge in [-0.1, -0.05) is 0 Å². The number of alkyl halides is 2. The molecule has 3 fully saturated rings. The molecule has 0 aromatic carbocycles. The van der Waals surface area contributed by atoms with Crippen LogP contribution in [0.5, 0.6) is 0 Å². The van der Waals surface area contributed by atoms with Gasteiger partial charge in [0, 0.05) is 68.1 Å². The molecule has 3 aliphatic heterocycles. The van der Waals surface area contributed by atoms with Gasteiger partial charge in [0.15, 0.2) is 34.3 Å². The van der Waals surface area contributed by atoms with Crippen molar-refractivity contribution in [3.8, 4) is 28.8 Å². The Morgan fingerprint density at radius 3 is 1.98 bits per heavy atom. The lowest BCUT2D eigenvalue weighted by molar-refractivity contribution is -0.0532. The topological polar surface area (TPSA) is 223 Å². The van der Waals surface area contributed by atoms with Crippen LogP contribution in [-0.2, 0) is 33.8 Å². The highest BCUT2D eigenvalue weighted by atomic mass is 19.3. The second-order valence-corrected chi connectivity index (χ2v) is 16.6. The Morgan fingerprint density at radius 2 is 1.40 bits per heavy atom. The molecular formula is C39H41F2N15O2. The highest BCUT2D eigenvalue weighted by molar-refractivity contribution is 5.87. The zero-order chi connectivity index (χ0) is 40.3. The summed E-state index contributed by atoms with van der Waals surface area (Å²) in [7, 11) is 0. The van der Waals surface area contributed by atoms with E-state index in [2.05, 4.69) is 25.6 Å². The minimum atomic E-state index is -2.62. The molecule has 9 heterocycles. The highest BCUT2D eigenvalue weighted by Gasteiger charge is 2.57. The number of nitriles is 1. The number of halogens is 2. The van der Waals surface area contributed by atoms with Crippen LogP contribution in [0.25, 0.3) is 45.1 Å². The molecule has 4 N–H and O–H groups in total. The normalized spacial score (nSPS) is 22.3. The number of imidazole rings is 2. The standard InChI is InChI=1S/C20H22F2N8O.C19H19N7O/c1-19(2)17-26-13-15(29(17)3-4-31-19)27-14(10-7-24-18(23)25-8-10)28-16(13)30-9-11-5-12(30)6-20(11,21)22;1-19(2)18-24-14-13(10-3-4-10)23-16(25-17(14)26(18)5-6-27-19)12-7-11(8-20)15(21)22-9-12/h7-8,11-12H,3-6,9H2,1-2H3,(H2,23,24,25);7,9-10H,3-6H2,1-2H3,(H2,21,22). The molecule has 0 radical (unpaired) electrons.